The van der Waals surface area contributed by atoms with Gasteiger partial charge in [-0.15, -0.1) is 5.10 Å². The molecule has 0 atom stereocenters. The van der Waals surface area contributed by atoms with Gasteiger partial charge in [0.25, 0.3) is 5.91 Å². The number of hydrogen-bond donors (Lipinski definition) is 0. The number of hydrogen-bond acceptors (Lipinski definition) is 4. The van der Waals surface area contributed by atoms with Crippen LogP contribution in [0, 0.1) is 0 Å². The largest absolute Gasteiger partial charge is 0.335 e. The summed E-state index contributed by atoms with van der Waals surface area (Å²) in [5.41, 5.74) is 1.37. The van der Waals surface area contributed by atoms with Crippen LogP contribution in [0.1, 0.15) is 35.9 Å². The van der Waals surface area contributed by atoms with Crippen molar-refractivity contribution in [1.82, 2.24) is 20.0 Å². The average Bonchev–Trinajstić information content (AvgIpc) is 2.39. The Hall–Kier alpha value is -1.49. The van der Waals surface area contributed by atoms with E-state index in [4.69, 9.17) is 0 Å². The molecule has 5 heteroatoms. The van der Waals surface area contributed by atoms with Crippen molar-refractivity contribution in [1.29, 1.82) is 0 Å². The van der Waals surface area contributed by atoms with Gasteiger partial charge >= 0.3 is 0 Å². The highest BCUT2D eigenvalue weighted by Crippen LogP contribution is 2.11. The summed E-state index contributed by atoms with van der Waals surface area (Å²) in [7, 11) is 2.07. The molecule has 2 rings (SSSR count). The summed E-state index contributed by atoms with van der Waals surface area (Å²) in [6, 6.07) is 3.67. The first-order valence-electron chi connectivity index (χ1n) is 6.39. The van der Waals surface area contributed by atoms with Crippen LogP contribution in [0.15, 0.2) is 12.1 Å². The molecule has 1 aromatic rings. The monoisotopic (exact) mass is 248 g/mol. The van der Waals surface area contributed by atoms with E-state index in [-0.39, 0.29) is 5.91 Å². The number of piperazine rings is 1. The molecule has 0 saturated carbocycles. The number of aromatic nitrogens is 2. The fraction of sp³-hybridized carbons (Fsp3) is 0.615. The number of rotatable bonds is 2. The maximum atomic E-state index is 12.2. The van der Waals surface area contributed by atoms with Crippen molar-refractivity contribution in [2.45, 2.75) is 19.8 Å². The molecule has 5 nitrogen and oxygen atoms in total. The van der Waals surface area contributed by atoms with Gasteiger partial charge in [-0.3, -0.25) is 4.79 Å². The van der Waals surface area contributed by atoms with Gasteiger partial charge in [0.1, 0.15) is 0 Å². The number of amides is 1. The van der Waals surface area contributed by atoms with Gasteiger partial charge in [-0.25, -0.2) is 0 Å². The molecule has 0 aliphatic carbocycles. The van der Waals surface area contributed by atoms with Gasteiger partial charge in [-0.05, 0) is 25.1 Å². The number of carbonyl (C=O) groups is 1. The predicted molar refractivity (Wildman–Crippen MR) is 69.5 cm³/mol. The third-order valence-corrected chi connectivity index (χ3v) is 3.29. The molecular weight excluding hydrogens is 228 g/mol. The quantitative estimate of drug-likeness (QED) is 0.783. The van der Waals surface area contributed by atoms with E-state index >= 15 is 0 Å². The minimum absolute atomic E-state index is 0.00842. The molecule has 0 spiro atoms. The van der Waals surface area contributed by atoms with Crippen LogP contribution in [-0.2, 0) is 0 Å². The van der Waals surface area contributed by atoms with Crippen molar-refractivity contribution in [3.63, 3.8) is 0 Å². The van der Waals surface area contributed by atoms with Crippen LogP contribution in [0.4, 0.5) is 0 Å². The Morgan fingerprint density at radius 1 is 1.17 bits per heavy atom. The first-order chi connectivity index (χ1) is 8.58. The predicted octanol–water partition coefficient (Wildman–Crippen LogP) is 0.988. The molecule has 1 fully saturated rings. The lowest BCUT2D eigenvalue weighted by atomic mass is 10.1. The van der Waals surface area contributed by atoms with Gasteiger partial charge in [0.2, 0.25) is 0 Å². The zero-order valence-electron chi connectivity index (χ0n) is 11.3. The molecule has 0 N–H and O–H groups in total. The molecule has 1 aliphatic heterocycles. The Morgan fingerprint density at radius 3 is 2.33 bits per heavy atom. The molecule has 0 radical (unpaired) electrons. The van der Waals surface area contributed by atoms with Crippen molar-refractivity contribution in [3.8, 4) is 0 Å². The summed E-state index contributed by atoms with van der Waals surface area (Å²) in [5, 5.41) is 8.14. The minimum atomic E-state index is -0.00842. The smallest absolute Gasteiger partial charge is 0.274 e. The molecule has 0 aromatic carbocycles. The van der Waals surface area contributed by atoms with Crippen LogP contribution < -0.4 is 0 Å². The van der Waals surface area contributed by atoms with E-state index in [1.807, 2.05) is 11.0 Å². The molecule has 0 unspecified atom stereocenters. The highest BCUT2D eigenvalue weighted by Gasteiger charge is 2.21. The second-order valence-electron chi connectivity index (χ2n) is 5.09. The first-order valence-corrected chi connectivity index (χ1v) is 6.39. The highest BCUT2D eigenvalue weighted by molar-refractivity contribution is 5.92. The molecule has 2 heterocycles. The van der Waals surface area contributed by atoms with E-state index in [0.29, 0.717) is 11.6 Å². The van der Waals surface area contributed by atoms with Crippen LogP contribution in [0.3, 0.4) is 0 Å². The van der Waals surface area contributed by atoms with Crippen LogP contribution >= 0.6 is 0 Å². The Morgan fingerprint density at radius 2 is 1.83 bits per heavy atom. The van der Waals surface area contributed by atoms with Crippen LogP contribution in [0.5, 0.6) is 0 Å². The van der Waals surface area contributed by atoms with E-state index in [2.05, 4.69) is 36.0 Å². The SMILES string of the molecule is CC(C)c1ccc(C(=O)N2CCN(C)CC2)nn1. The van der Waals surface area contributed by atoms with Gasteiger partial charge in [-0.2, -0.15) is 5.10 Å². The zero-order chi connectivity index (χ0) is 13.1. The Balaban J connectivity index is 2.04. The fourth-order valence-corrected chi connectivity index (χ4v) is 1.94. The van der Waals surface area contributed by atoms with Gasteiger partial charge in [-0.1, -0.05) is 13.8 Å². The second kappa shape index (κ2) is 5.44. The Bertz CT molecular complexity index is 408. The van der Waals surface area contributed by atoms with Crippen molar-refractivity contribution < 1.29 is 4.79 Å². The van der Waals surface area contributed by atoms with E-state index in [0.717, 1.165) is 31.9 Å². The summed E-state index contributed by atoms with van der Waals surface area (Å²) >= 11 is 0. The fourth-order valence-electron chi connectivity index (χ4n) is 1.94. The van der Waals surface area contributed by atoms with Gasteiger partial charge < -0.3 is 9.80 Å². The molecule has 1 saturated heterocycles. The van der Waals surface area contributed by atoms with Crippen molar-refractivity contribution >= 4 is 5.91 Å². The third kappa shape index (κ3) is 2.85. The molecule has 1 aliphatic rings. The van der Waals surface area contributed by atoms with Crippen LogP contribution in [0.25, 0.3) is 0 Å². The molecular formula is C13H20N4O. The summed E-state index contributed by atoms with van der Waals surface area (Å²) in [6.07, 6.45) is 0. The number of carbonyl (C=O) groups excluding carboxylic acids is 1. The molecule has 1 amide bonds. The lowest BCUT2D eigenvalue weighted by Crippen LogP contribution is -2.47. The van der Waals surface area contributed by atoms with Crippen LogP contribution in [0.2, 0.25) is 0 Å². The van der Waals surface area contributed by atoms with E-state index in [1.54, 1.807) is 6.07 Å². The van der Waals surface area contributed by atoms with E-state index < -0.39 is 0 Å². The topological polar surface area (TPSA) is 49.3 Å². The first kappa shape index (κ1) is 13.0. The van der Waals surface area contributed by atoms with Crippen molar-refractivity contribution in [2.75, 3.05) is 33.2 Å². The van der Waals surface area contributed by atoms with Gasteiger partial charge in [0.15, 0.2) is 5.69 Å². The van der Waals surface area contributed by atoms with Crippen LogP contribution in [-0.4, -0.2) is 59.1 Å². The van der Waals surface area contributed by atoms with E-state index in [1.165, 1.54) is 0 Å². The Labute approximate surface area is 108 Å². The van der Waals surface area contributed by atoms with Gasteiger partial charge in [0, 0.05) is 26.2 Å². The summed E-state index contributed by atoms with van der Waals surface area (Å²) in [5.74, 6) is 0.330. The maximum absolute atomic E-state index is 12.2. The van der Waals surface area contributed by atoms with Crippen molar-refractivity contribution in [2.24, 2.45) is 0 Å². The zero-order valence-corrected chi connectivity index (χ0v) is 11.3. The number of nitrogens with zero attached hydrogens (tertiary/aromatic N) is 4. The summed E-state index contributed by atoms with van der Waals surface area (Å²) in [6.45, 7) is 7.50. The Kier molecular flexibility index (Phi) is 3.91. The minimum Gasteiger partial charge on any atom is -0.335 e. The summed E-state index contributed by atoms with van der Waals surface area (Å²) in [4.78, 5) is 16.3. The summed E-state index contributed by atoms with van der Waals surface area (Å²) < 4.78 is 0. The lowest BCUT2D eigenvalue weighted by Gasteiger charge is -2.32. The standard InChI is InChI=1S/C13H20N4O/c1-10(2)11-4-5-12(15-14-11)13(18)17-8-6-16(3)7-9-17/h4-5,10H,6-9H2,1-3H3. The highest BCUT2D eigenvalue weighted by atomic mass is 16.2. The molecule has 0 bridgehead atoms. The number of likely N-dealkylation sites (N-methyl/N-ethyl adjacent to an activating group) is 1. The van der Waals surface area contributed by atoms with E-state index in [9.17, 15) is 4.79 Å². The normalized spacial score (nSPS) is 17.2. The second-order valence-corrected chi connectivity index (χ2v) is 5.09. The van der Waals surface area contributed by atoms with Crippen molar-refractivity contribution in [3.05, 3.63) is 23.5 Å². The average molecular weight is 248 g/mol. The molecule has 98 valence electrons. The molecule has 18 heavy (non-hydrogen) atoms. The molecule has 1 aromatic heterocycles. The maximum Gasteiger partial charge on any atom is 0.274 e. The third-order valence-electron chi connectivity index (χ3n) is 3.29. The van der Waals surface area contributed by atoms with Gasteiger partial charge in [0.05, 0.1) is 5.69 Å². The lowest BCUT2D eigenvalue weighted by molar-refractivity contribution is 0.0657.